The van der Waals surface area contributed by atoms with Gasteiger partial charge in [0.1, 0.15) is 6.54 Å². The lowest BCUT2D eigenvalue weighted by atomic mass is 10.3. The molecule has 0 atom stereocenters. The molecule has 2 amide bonds. The van der Waals surface area contributed by atoms with Gasteiger partial charge in [-0.1, -0.05) is 0 Å². The van der Waals surface area contributed by atoms with E-state index in [4.69, 9.17) is 5.11 Å². The summed E-state index contributed by atoms with van der Waals surface area (Å²) in [5.74, 6) is -1.07. The van der Waals surface area contributed by atoms with Crippen molar-refractivity contribution in [2.24, 2.45) is 0 Å². The van der Waals surface area contributed by atoms with Gasteiger partial charge < -0.3 is 15.3 Å². The number of aliphatic carboxylic acids is 1. The minimum atomic E-state index is -1.07. The van der Waals surface area contributed by atoms with Crippen molar-refractivity contribution in [3.8, 4) is 0 Å². The quantitative estimate of drug-likeness (QED) is 0.628. The highest BCUT2D eigenvalue weighted by Crippen LogP contribution is 2.27. The maximum atomic E-state index is 12.0. The van der Waals surface area contributed by atoms with E-state index in [1.165, 1.54) is 29.2 Å². The van der Waals surface area contributed by atoms with Crippen molar-refractivity contribution in [3.05, 3.63) is 34.4 Å². The van der Waals surface area contributed by atoms with Gasteiger partial charge in [0.15, 0.2) is 0 Å². The molecule has 2 N–H and O–H groups in total. The first kappa shape index (κ1) is 13.8. The molecule has 0 unspecified atom stereocenters. The summed E-state index contributed by atoms with van der Waals surface area (Å²) in [6.07, 6.45) is 1.59. The van der Waals surface area contributed by atoms with Crippen molar-refractivity contribution in [2.45, 2.75) is 18.9 Å². The molecular weight excluding hydrogens is 266 g/mol. The monoisotopic (exact) mass is 279 g/mol. The van der Waals surface area contributed by atoms with E-state index in [9.17, 15) is 19.7 Å². The second kappa shape index (κ2) is 5.55. The number of non-ortho nitro benzene ring substituents is 1. The number of nitrogens with one attached hydrogen (secondary N) is 1. The smallest absolute Gasteiger partial charge is 0.323 e. The Kier molecular flexibility index (Phi) is 3.83. The maximum Gasteiger partial charge on any atom is 0.323 e. The second-order valence-electron chi connectivity index (χ2n) is 4.49. The Morgan fingerprint density at radius 3 is 2.40 bits per heavy atom. The van der Waals surface area contributed by atoms with E-state index in [0.717, 1.165) is 12.8 Å². The lowest BCUT2D eigenvalue weighted by Crippen LogP contribution is -2.40. The van der Waals surface area contributed by atoms with Gasteiger partial charge in [-0.25, -0.2) is 4.79 Å². The molecule has 0 heterocycles. The van der Waals surface area contributed by atoms with Crippen LogP contribution in [0.2, 0.25) is 0 Å². The van der Waals surface area contributed by atoms with Crippen LogP contribution in [0, 0.1) is 10.1 Å². The number of carboxylic acid groups (broad SMARTS) is 1. The summed E-state index contributed by atoms with van der Waals surface area (Å²) in [4.78, 5) is 33.9. The van der Waals surface area contributed by atoms with Crippen LogP contribution in [-0.2, 0) is 4.79 Å². The second-order valence-corrected chi connectivity index (χ2v) is 4.49. The minimum Gasteiger partial charge on any atom is -0.480 e. The van der Waals surface area contributed by atoms with Gasteiger partial charge in [0.05, 0.1) is 4.92 Å². The average molecular weight is 279 g/mol. The molecule has 20 heavy (non-hydrogen) atoms. The number of nitro benzene ring substituents is 1. The van der Waals surface area contributed by atoms with E-state index in [1.807, 2.05) is 0 Å². The zero-order valence-electron chi connectivity index (χ0n) is 10.5. The van der Waals surface area contributed by atoms with E-state index < -0.39 is 16.9 Å². The molecule has 1 aliphatic carbocycles. The number of carbonyl (C=O) groups excluding carboxylic acids is 1. The van der Waals surface area contributed by atoms with Crippen molar-refractivity contribution < 1.29 is 19.6 Å². The molecule has 0 radical (unpaired) electrons. The third kappa shape index (κ3) is 3.44. The van der Waals surface area contributed by atoms with Gasteiger partial charge in [0.25, 0.3) is 5.69 Å². The topological polar surface area (TPSA) is 113 Å². The summed E-state index contributed by atoms with van der Waals surface area (Å²) >= 11 is 0. The highest BCUT2D eigenvalue weighted by molar-refractivity contribution is 5.91. The third-order valence-corrected chi connectivity index (χ3v) is 2.88. The number of carbonyl (C=O) groups is 2. The standard InChI is InChI=1S/C12H13N3O5/c16-11(17)7-14(9-5-6-9)12(18)13-8-1-3-10(4-2-8)15(19)20/h1-4,9H,5-7H2,(H,13,18)(H,16,17). The highest BCUT2D eigenvalue weighted by atomic mass is 16.6. The summed E-state index contributed by atoms with van der Waals surface area (Å²) in [7, 11) is 0. The number of urea groups is 1. The van der Waals surface area contributed by atoms with E-state index in [-0.39, 0.29) is 18.3 Å². The van der Waals surface area contributed by atoms with Crippen molar-refractivity contribution >= 4 is 23.4 Å². The Morgan fingerprint density at radius 1 is 1.35 bits per heavy atom. The summed E-state index contributed by atoms with van der Waals surface area (Å²) in [5.41, 5.74) is 0.309. The van der Waals surface area contributed by atoms with Gasteiger partial charge in [-0.05, 0) is 25.0 Å². The van der Waals surface area contributed by atoms with Crippen LogP contribution >= 0.6 is 0 Å². The fourth-order valence-electron chi connectivity index (χ4n) is 1.76. The Labute approximate surface area is 114 Å². The van der Waals surface area contributed by atoms with Crippen molar-refractivity contribution in [1.82, 2.24) is 4.90 Å². The minimum absolute atomic E-state index is 0.0378. The lowest BCUT2D eigenvalue weighted by Gasteiger charge is -2.20. The molecule has 0 bridgehead atoms. The van der Waals surface area contributed by atoms with Crippen LogP contribution in [0.15, 0.2) is 24.3 Å². The first-order chi connectivity index (χ1) is 9.47. The predicted octanol–water partition coefficient (Wildman–Crippen LogP) is 1.68. The SMILES string of the molecule is O=C(O)CN(C(=O)Nc1ccc([N+](=O)[O-])cc1)C1CC1. The molecule has 1 aromatic rings. The first-order valence-electron chi connectivity index (χ1n) is 6.01. The van der Waals surface area contributed by atoms with Crippen LogP contribution in [-0.4, -0.2) is 39.5 Å². The van der Waals surface area contributed by atoms with Crippen LogP contribution < -0.4 is 5.32 Å². The van der Waals surface area contributed by atoms with E-state index in [0.29, 0.717) is 5.69 Å². The molecule has 8 nitrogen and oxygen atoms in total. The summed E-state index contributed by atoms with van der Waals surface area (Å²) in [6.45, 7) is -0.358. The first-order valence-corrected chi connectivity index (χ1v) is 6.01. The number of hydrogen-bond acceptors (Lipinski definition) is 4. The largest absolute Gasteiger partial charge is 0.480 e. The van der Waals surface area contributed by atoms with Crippen LogP contribution in [0.1, 0.15) is 12.8 Å². The van der Waals surface area contributed by atoms with Crippen molar-refractivity contribution in [2.75, 3.05) is 11.9 Å². The molecule has 0 aromatic heterocycles. The van der Waals surface area contributed by atoms with Gasteiger partial charge in [0, 0.05) is 23.9 Å². The van der Waals surface area contributed by atoms with Gasteiger partial charge in [-0.15, -0.1) is 0 Å². The molecule has 1 saturated carbocycles. The van der Waals surface area contributed by atoms with Crippen LogP contribution in [0.5, 0.6) is 0 Å². The zero-order chi connectivity index (χ0) is 14.7. The number of nitrogens with zero attached hydrogens (tertiary/aromatic N) is 2. The van der Waals surface area contributed by atoms with Crippen LogP contribution in [0.25, 0.3) is 0 Å². The molecule has 0 saturated heterocycles. The summed E-state index contributed by atoms with van der Waals surface area (Å²) in [5, 5.41) is 21.8. The third-order valence-electron chi connectivity index (χ3n) is 2.88. The normalized spacial score (nSPS) is 13.6. The Morgan fingerprint density at radius 2 is 1.95 bits per heavy atom. The maximum absolute atomic E-state index is 12.0. The van der Waals surface area contributed by atoms with E-state index in [2.05, 4.69) is 5.32 Å². The Balaban J connectivity index is 2.02. The van der Waals surface area contributed by atoms with Gasteiger partial charge in [0.2, 0.25) is 0 Å². The molecule has 1 aromatic carbocycles. The number of rotatable bonds is 5. The molecule has 1 fully saturated rings. The summed E-state index contributed by atoms with van der Waals surface area (Å²) < 4.78 is 0. The van der Waals surface area contributed by atoms with Gasteiger partial charge in [-0.3, -0.25) is 14.9 Å². The molecule has 0 aliphatic heterocycles. The molecule has 0 spiro atoms. The van der Waals surface area contributed by atoms with Gasteiger partial charge in [-0.2, -0.15) is 0 Å². The fraction of sp³-hybridized carbons (Fsp3) is 0.333. The Hall–Kier alpha value is -2.64. The van der Waals surface area contributed by atoms with Gasteiger partial charge >= 0.3 is 12.0 Å². The summed E-state index contributed by atoms with van der Waals surface area (Å²) in [6, 6.07) is 4.81. The molecular formula is C12H13N3O5. The van der Waals surface area contributed by atoms with Crippen molar-refractivity contribution in [3.63, 3.8) is 0 Å². The Bertz CT molecular complexity index is 539. The van der Waals surface area contributed by atoms with Crippen LogP contribution in [0.4, 0.5) is 16.2 Å². The van der Waals surface area contributed by atoms with E-state index >= 15 is 0 Å². The average Bonchev–Trinajstić information content (AvgIpc) is 3.20. The molecule has 1 aliphatic rings. The fourth-order valence-corrected chi connectivity index (χ4v) is 1.76. The lowest BCUT2D eigenvalue weighted by molar-refractivity contribution is -0.384. The number of benzene rings is 1. The number of nitro groups is 1. The highest BCUT2D eigenvalue weighted by Gasteiger charge is 2.33. The number of anilines is 1. The van der Waals surface area contributed by atoms with Crippen LogP contribution in [0.3, 0.4) is 0 Å². The molecule has 106 valence electrons. The number of carboxylic acids is 1. The predicted molar refractivity (Wildman–Crippen MR) is 69.5 cm³/mol. The van der Waals surface area contributed by atoms with Crippen molar-refractivity contribution in [1.29, 1.82) is 0 Å². The molecule has 8 heteroatoms. The number of hydrogen-bond donors (Lipinski definition) is 2. The zero-order valence-corrected chi connectivity index (χ0v) is 10.5. The number of amides is 2. The van der Waals surface area contributed by atoms with E-state index in [1.54, 1.807) is 0 Å². The molecule has 2 rings (SSSR count).